The maximum Gasteiger partial charge on any atom is 0.264 e. The zero-order chi connectivity index (χ0) is 19.4. The fourth-order valence-electron chi connectivity index (χ4n) is 2.59. The van der Waals surface area contributed by atoms with Gasteiger partial charge in [0.15, 0.2) is 5.82 Å². The van der Waals surface area contributed by atoms with Gasteiger partial charge in [0.05, 0.1) is 20.8 Å². The summed E-state index contributed by atoms with van der Waals surface area (Å²) in [4.78, 5) is 12.6. The topological polar surface area (TPSA) is 65.4 Å². The molecule has 8 heteroatoms. The van der Waals surface area contributed by atoms with E-state index in [4.69, 9.17) is 21.1 Å². The predicted molar refractivity (Wildman–Crippen MR) is 100 cm³/mol. The highest BCUT2D eigenvalue weighted by molar-refractivity contribution is 6.31. The molecule has 3 rings (SSSR count). The molecule has 1 N–H and O–H groups in total. The summed E-state index contributed by atoms with van der Waals surface area (Å²) in [6.45, 7) is 0.340. The van der Waals surface area contributed by atoms with E-state index >= 15 is 0 Å². The van der Waals surface area contributed by atoms with Gasteiger partial charge >= 0.3 is 0 Å². The molecule has 1 aromatic heterocycles. The highest BCUT2D eigenvalue weighted by atomic mass is 35.5. The van der Waals surface area contributed by atoms with Gasteiger partial charge in [0.1, 0.15) is 22.9 Å². The molecule has 0 saturated heterocycles. The van der Waals surface area contributed by atoms with Crippen molar-refractivity contribution in [2.45, 2.75) is 6.54 Å². The highest BCUT2D eigenvalue weighted by Gasteiger charge is 2.19. The Balaban J connectivity index is 1.77. The molecule has 0 unspecified atom stereocenters. The monoisotopic (exact) mass is 389 g/mol. The second-order valence-electron chi connectivity index (χ2n) is 5.63. The van der Waals surface area contributed by atoms with Crippen molar-refractivity contribution in [1.29, 1.82) is 0 Å². The molecule has 0 aliphatic heterocycles. The van der Waals surface area contributed by atoms with Crippen LogP contribution in [0, 0.1) is 5.82 Å². The Labute approximate surface area is 160 Å². The van der Waals surface area contributed by atoms with E-state index < -0.39 is 11.7 Å². The Morgan fingerprint density at radius 1 is 1.19 bits per heavy atom. The van der Waals surface area contributed by atoms with Gasteiger partial charge in [-0.05, 0) is 29.8 Å². The smallest absolute Gasteiger partial charge is 0.264 e. The van der Waals surface area contributed by atoms with Crippen molar-refractivity contribution < 1.29 is 18.7 Å². The molecule has 0 saturated carbocycles. The third kappa shape index (κ3) is 4.20. The van der Waals surface area contributed by atoms with E-state index in [0.29, 0.717) is 34.4 Å². The van der Waals surface area contributed by atoms with E-state index in [9.17, 15) is 9.18 Å². The van der Waals surface area contributed by atoms with Crippen LogP contribution in [0.2, 0.25) is 5.02 Å². The number of halogens is 2. The fourth-order valence-corrected chi connectivity index (χ4v) is 2.82. The molecule has 0 atom stereocenters. The standard InChI is InChI=1S/C19H17ClFN3O3/c1-26-15-4-3-5-16(27-2)18(15)19(25)22-17-8-9-24(23-17)11-12-6-7-13(21)10-14(12)20/h3-10H,11H2,1-2H3,(H,22,23,25). The van der Waals surface area contributed by atoms with Crippen molar-refractivity contribution in [3.05, 3.63) is 70.6 Å². The molecule has 1 heterocycles. The van der Waals surface area contributed by atoms with Crippen LogP contribution in [0.15, 0.2) is 48.7 Å². The van der Waals surface area contributed by atoms with Gasteiger partial charge in [-0.25, -0.2) is 4.39 Å². The van der Waals surface area contributed by atoms with Crippen LogP contribution in [0.3, 0.4) is 0 Å². The molecule has 0 radical (unpaired) electrons. The lowest BCUT2D eigenvalue weighted by atomic mass is 10.1. The number of carbonyl (C=O) groups excluding carboxylic acids is 1. The largest absolute Gasteiger partial charge is 0.496 e. The van der Waals surface area contributed by atoms with E-state index in [1.54, 1.807) is 41.2 Å². The van der Waals surface area contributed by atoms with Crippen molar-refractivity contribution in [2.75, 3.05) is 19.5 Å². The Morgan fingerprint density at radius 2 is 1.89 bits per heavy atom. The van der Waals surface area contributed by atoms with Gasteiger partial charge in [-0.3, -0.25) is 9.48 Å². The number of methoxy groups -OCH3 is 2. The Hall–Kier alpha value is -3.06. The third-order valence-electron chi connectivity index (χ3n) is 3.88. The number of amides is 1. The van der Waals surface area contributed by atoms with Gasteiger partial charge in [-0.15, -0.1) is 0 Å². The number of hydrogen-bond acceptors (Lipinski definition) is 4. The number of nitrogens with one attached hydrogen (secondary N) is 1. The van der Waals surface area contributed by atoms with Crippen LogP contribution in [-0.4, -0.2) is 29.9 Å². The van der Waals surface area contributed by atoms with Crippen molar-refractivity contribution in [1.82, 2.24) is 9.78 Å². The first kappa shape index (κ1) is 18.7. The van der Waals surface area contributed by atoms with Crippen LogP contribution in [0.4, 0.5) is 10.2 Å². The molecule has 1 amide bonds. The summed E-state index contributed by atoms with van der Waals surface area (Å²) in [5, 5.41) is 7.32. The first-order chi connectivity index (χ1) is 13.0. The normalized spacial score (nSPS) is 10.5. The van der Waals surface area contributed by atoms with Gasteiger partial charge < -0.3 is 14.8 Å². The molecule has 2 aromatic carbocycles. The van der Waals surface area contributed by atoms with E-state index in [2.05, 4.69) is 10.4 Å². The van der Waals surface area contributed by atoms with Crippen LogP contribution < -0.4 is 14.8 Å². The summed E-state index contributed by atoms with van der Waals surface area (Å²) in [6.07, 6.45) is 1.69. The Morgan fingerprint density at radius 3 is 2.52 bits per heavy atom. The molecular weight excluding hydrogens is 373 g/mol. The van der Waals surface area contributed by atoms with Crippen molar-refractivity contribution in [3.8, 4) is 11.5 Å². The SMILES string of the molecule is COc1cccc(OC)c1C(=O)Nc1ccn(Cc2ccc(F)cc2Cl)n1. The van der Waals surface area contributed by atoms with Crippen molar-refractivity contribution >= 4 is 23.3 Å². The van der Waals surface area contributed by atoms with E-state index in [-0.39, 0.29) is 5.56 Å². The molecule has 140 valence electrons. The maximum absolute atomic E-state index is 13.1. The van der Waals surface area contributed by atoms with E-state index in [1.165, 1.54) is 26.4 Å². The molecule has 6 nitrogen and oxygen atoms in total. The van der Waals surface area contributed by atoms with Crippen LogP contribution in [-0.2, 0) is 6.54 Å². The minimum atomic E-state index is -0.408. The van der Waals surface area contributed by atoms with Gasteiger partial charge in [0, 0.05) is 17.3 Å². The van der Waals surface area contributed by atoms with Crippen LogP contribution in [0.5, 0.6) is 11.5 Å². The number of rotatable bonds is 6. The Kier molecular flexibility index (Phi) is 5.61. The number of ether oxygens (including phenoxy) is 2. The number of carbonyl (C=O) groups is 1. The minimum Gasteiger partial charge on any atom is -0.496 e. The number of aromatic nitrogens is 2. The molecule has 0 spiro atoms. The summed E-state index contributed by atoms with van der Waals surface area (Å²) < 4.78 is 25.2. The first-order valence-corrected chi connectivity index (χ1v) is 8.39. The molecule has 0 aliphatic rings. The van der Waals surface area contributed by atoms with Gasteiger partial charge in [-0.1, -0.05) is 23.7 Å². The highest BCUT2D eigenvalue weighted by Crippen LogP contribution is 2.29. The Bertz CT molecular complexity index is 952. The van der Waals surface area contributed by atoms with Gasteiger partial charge in [0.25, 0.3) is 5.91 Å². The molecule has 0 fully saturated rings. The fraction of sp³-hybridized carbons (Fsp3) is 0.158. The van der Waals surface area contributed by atoms with Crippen molar-refractivity contribution in [2.24, 2.45) is 0 Å². The number of nitrogens with zero attached hydrogens (tertiary/aromatic N) is 2. The van der Waals surface area contributed by atoms with Crippen LogP contribution >= 0.6 is 11.6 Å². The number of benzene rings is 2. The third-order valence-corrected chi connectivity index (χ3v) is 4.24. The second kappa shape index (κ2) is 8.09. The second-order valence-corrected chi connectivity index (χ2v) is 6.03. The molecular formula is C19H17ClFN3O3. The molecule has 3 aromatic rings. The maximum atomic E-state index is 13.1. The van der Waals surface area contributed by atoms with Crippen LogP contribution in [0.25, 0.3) is 0 Å². The van der Waals surface area contributed by atoms with E-state index in [0.717, 1.165) is 0 Å². The van der Waals surface area contributed by atoms with Crippen molar-refractivity contribution in [3.63, 3.8) is 0 Å². The van der Waals surface area contributed by atoms with Gasteiger partial charge in [0.2, 0.25) is 0 Å². The number of hydrogen-bond donors (Lipinski definition) is 1. The summed E-state index contributed by atoms with van der Waals surface area (Å²) in [5.74, 6) is 0.331. The van der Waals surface area contributed by atoms with E-state index in [1.807, 2.05) is 0 Å². The van der Waals surface area contributed by atoms with Gasteiger partial charge in [-0.2, -0.15) is 5.10 Å². The predicted octanol–water partition coefficient (Wildman–Crippen LogP) is 3.99. The minimum absolute atomic E-state index is 0.277. The average Bonchev–Trinajstić information content (AvgIpc) is 3.10. The summed E-state index contributed by atoms with van der Waals surface area (Å²) in [5.41, 5.74) is 0.990. The lowest BCUT2D eigenvalue weighted by Gasteiger charge is -2.12. The first-order valence-electron chi connectivity index (χ1n) is 8.01. The average molecular weight is 390 g/mol. The molecule has 0 bridgehead atoms. The zero-order valence-electron chi connectivity index (χ0n) is 14.7. The quantitative estimate of drug-likeness (QED) is 0.692. The summed E-state index contributed by atoms with van der Waals surface area (Å²) >= 11 is 6.04. The molecule has 27 heavy (non-hydrogen) atoms. The summed E-state index contributed by atoms with van der Waals surface area (Å²) in [7, 11) is 2.96. The lowest BCUT2D eigenvalue weighted by Crippen LogP contribution is -2.15. The van der Waals surface area contributed by atoms with Crippen LogP contribution in [0.1, 0.15) is 15.9 Å². The zero-order valence-corrected chi connectivity index (χ0v) is 15.5. The number of anilines is 1. The lowest BCUT2D eigenvalue weighted by molar-refractivity contribution is 0.102. The summed E-state index contributed by atoms with van der Waals surface area (Å²) in [6, 6.07) is 10.9. The molecule has 0 aliphatic carbocycles.